The molecule has 1 atom stereocenters. The van der Waals surface area contributed by atoms with Crippen LogP contribution in [0.25, 0.3) is 5.57 Å². The zero-order chi connectivity index (χ0) is 21.1. The average molecular weight is 407 g/mol. The molecular formula is C25H30N2O3. The molecule has 3 aliphatic heterocycles. The lowest BCUT2D eigenvalue weighted by molar-refractivity contribution is -0.122. The predicted molar refractivity (Wildman–Crippen MR) is 119 cm³/mol. The van der Waals surface area contributed by atoms with Gasteiger partial charge in [-0.15, -0.1) is 0 Å². The van der Waals surface area contributed by atoms with Crippen LogP contribution < -0.4 is 14.8 Å². The van der Waals surface area contributed by atoms with E-state index in [1.807, 2.05) is 29.3 Å². The molecule has 0 bridgehead atoms. The van der Waals surface area contributed by atoms with Gasteiger partial charge in [-0.3, -0.25) is 9.69 Å². The fourth-order valence-corrected chi connectivity index (χ4v) is 4.44. The number of rotatable bonds is 4. The lowest BCUT2D eigenvalue weighted by Crippen LogP contribution is -2.31. The van der Waals surface area contributed by atoms with E-state index in [-0.39, 0.29) is 11.8 Å². The fraction of sp³-hybridized carbons (Fsp3) is 0.400. The van der Waals surface area contributed by atoms with Crippen LogP contribution in [0.2, 0.25) is 0 Å². The zero-order valence-electron chi connectivity index (χ0n) is 18.0. The summed E-state index contributed by atoms with van der Waals surface area (Å²) in [4.78, 5) is 15.1. The van der Waals surface area contributed by atoms with E-state index in [1.54, 1.807) is 20.3 Å². The minimum atomic E-state index is -0.00614. The van der Waals surface area contributed by atoms with Gasteiger partial charge in [-0.2, -0.15) is 0 Å². The molecule has 0 spiro atoms. The Kier molecular flexibility index (Phi) is 6.09. The van der Waals surface area contributed by atoms with Crippen molar-refractivity contribution < 1.29 is 14.3 Å². The summed E-state index contributed by atoms with van der Waals surface area (Å²) in [6.45, 7) is 4.23. The highest BCUT2D eigenvalue weighted by Gasteiger charge is 2.25. The number of amides is 1. The number of hydrogen-bond acceptors (Lipinski definition) is 4. The number of carbonyl (C=O) groups excluding carboxylic acids is 1. The Balaban J connectivity index is 1.66. The van der Waals surface area contributed by atoms with E-state index >= 15 is 0 Å². The first kappa shape index (κ1) is 20.5. The quantitative estimate of drug-likeness (QED) is 0.810. The van der Waals surface area contributed by atoms with Gasteiger partial charge in [0.15, 0.2) is 11.5 Å². The predicted octanol–water partition coefficient (Wildman–Crippen LogP) is 4.29. The standard InChI is InChI=1S/C25H30N2O3/c1-17-4-7-21-8-5-20(18-10-12-26-13-11-18)16-27(21)25(28)15-22(17)19-6-9-23(29-2)24(14-19)30-3/h5-9,14-18,26H,4,10-13H2,1-3H3. The van der Waals surface area contributed by atoms with E-state index in [0.29, 0.717) is 17.4 Å². The monoisotopic (exact) mass is 406 g/mol. The van der Waals surface area contributed by atoms with Crippen LogP contribution in [-0.2, 0) is 4.79 Å². The van der Waals surface area contributed by atoms with E-state index in [9.17, 15) is 4.79 Å². The molecule has 30 heavy (non-hydrogen) atoms. The summed E-state index contributed by atoms with van der Waals surface area (Å²) in [5.74, 6) is 2.07. The van der Waals surface area contributed by atoms with Crippen molar-refractivity contribution in [2.75, 3.05) is 27.3 Å². The van der Waals surface area contributed by atoms with Gasteiger partial charge in [0.05, 0.1) is 14.2 Å². The number of hydrogen-bond donors (Lipinski definition) is 1. The van der Waals surface area contributed by atoms with Crippen LogP contribution in [0.15, 0.2) is 60.0 Å². The minimum absolute atomic E-state index is 0.00614. The summed E-state index contributed by atoms with van der Waals surface area (Å²) < 4.78 is 10.8. The summed E-state index contributed by atoms with van der Waals surface area (Å²) in [6.07, 6.45) is 13.4. The van der Waals surface area contributed by atoms with Crippen molar-refractivity contribution in [1.29, 1.82) is 0 Å². The maximum Gasteiger partial charge on any atom is 0.255 e. The van der Waals surface area contributed by atoms with Crippen molar-refractivity contribution in [3.63, 3.8) is 0 Å². The van der Waals surface area contributed by atoms with E-state index in [4.69, 9.17) is 9.47 Å². The van der Waals surface area contributed by atoms with Crippen LogP contribution >= 0.6 is 0 Å². The van der Waals surface area contributed by atoms with Crippen LogP contribution in [0.5, 0.6) is 11.5 Å². The highest BCUT2D eigenvalue weighted by molar-refractivity contribution is 5.98. The molecule has 3 aliphatic rings. The molecular weight excluding hydrogens is 376 g/mol. The topological polar surface area (TPSA) is 50.8 Å². The molecule has 5 nitrogen and oxygen atoms in total. The number of allylic oxidation sites excluding steroid dienone is 5. The molecule has 0 saturated carbocycles. The SMILES string of the molecule is COc1ccc(C2=CC(=O)N3C=C(C4CCNCC4)C=CC3=CCC2C)cc1OC. The second-order valence-corrected chi connectivity index (χ2v) is 8.13. The lowest BCUT2D eigenvalue weighted by atomic mass is 9.87. The smallest absolute Gasteiger partial charge is 0.255 e. The van der Waals surface area contributed by atoms with Gasteiger partial charge >= 0.3 is 0 Å². The zero-order valence-corrected chi connectivity index (χ0v) is 18.0. The molecule has 5 heteroatoms. The van der Waals surface area contributed by atoms with Crippen molar-refractivity contribution >= 4 is 11.5 Å². The number of nitrogens with zero attached hydrogens (tertiary/aromatic N) is 1. The van der Waals surface area contributed by atoms with Gasteiger partial charge in [-0.1, -0.05) is 25.1 Å². The van der Waals surface area contributed by atoms with Gasteiger partial charge in [0.1, 0.15) is 0 Å². The number of carbonyl (C=O) groups is 1. The van der Waals surface area contributed by atoms with E-state index < -0.39 is 0 Å². The Morgan fingerprint density at radius 1 is 1.07 bits per heavy atom. The van der Waals surface area contributed by atoms with Gasteiger partial charge < -0.3 is 14.8 Å². The van der Waals surface area contributed by atoms with E-state index in [1.165, 1.54) is 5.57 Å². The maximum atomic E-state index is 13.3. The van der Waals surface area contributed by atoms with Gasteiger partial charge in [-0.05, 0) is 79.1 Å². The Hall–Kier alpha value is -2.79. The fourth-order valence-electron chi connectivity index (χ4n) is 4.44. The normalized spacial score (nSPS) is 22.4. The number of piperidine rings is 1. The maximum absolute atomic E-state index is 13.3. The molecule has 1 amide bonds. The van der Waals surface area contributed by atoms with Crippen LogP contribution in [0, 0.1) is 11.8 Å². The lowest BCUT2D eigenvalue weighted by Gasteiger charge is -2.31. The van der Waals surface area contributed by atoms with Crippen LogP contribution in [-0.4, -0.2) is 38.1 Å². The molecule has 0 radical (unpaired) electrons. The molecule has 1 fully saturated rings. The van der Waals surface area contributed by atoms with Gasteiger partial charge in [0.2, 0.25) is 0 Å². The Labute approximate surface area is 178 Å². The Bertz CT molecular complexity index is 936. The summed E-state index contributed by atoms with van der Waals surface area (Å²) >= 11 is 0. The second kappa shape index (κ2) is 8.92. The van der Waals surface area contributed by atoms with E-state index in [0.717, 1.165) is 49.2 Å². The second-order valence-electron chi connectivity index (χ2n) is 8.13. The Morgan fingerprint density at radius 3 is 2.57 bits per heavy atom. The highest BCUT2D eigenvalue weighted by atomic mass is 16.5. The summed E-state index contributed by atoms with van der Waals surface area (Å²) in [5.41, 5.74) is 4.21. The van der Waals surface area contributed by atoms with Crippen molar-refractivity contribution in [2.24, 2.45) is 11.8 Å². The number of ether oxygens (including phenoxy) is 2. The van der Waals surface area contributed by atoms with Gasteiger partial charge in [-0.25, -0.2) is 0 Å². The largest absolute Gasteiger partial charge is 0.493 e. The number of nitrogens with one attached hydrogen (secondary N) is 1. The third-order valence-corrected chi connectivity index (χ3v) is 6.26. The van der Waals surface area contributed by atoms with Crippen molar-refractivity contribution in [1.82, 2.24) is 10.2 Å². The molecule has 0 aromatic heterocycles. The molecule has 1 saturated heterocycles. The van der Waals surface area contributed by atoms with Gasteiger partial charge in [0.25, 0.3) is 5.91 Å². The third kappa shape index (κ3) is 4.08. The molecule has 1 aromatic carbocycles. The summed E-state index contributed by atoms with van der Waals surface area (Å²) in [5, 5.41) is 3.41. The number of benzene rings is 1. The number of fused-ring (bicyclic) bond motifs is 1. The first-order chi connectivity index (χ1) is 14.6. The van der Waals surface area contributed by atoms with Crippen LogP contribution in [0.4, 0.5) is 0 Å². The third-order valence-electron chi connectivity index (χ3n) is 6.26. The highest BCUT2D eigenvalue weighted by Crippen LogP contribution is 2.36. The van der Waals surface area contributed by atoms with Crippen LogP contribution in [0.1, 0.15) is 31.7 Å². The molecule has 3 heterocycles. The molecule has 1 unspecified atom stereocenters. The van der Waals surface area contributed by atoms with Gasteiger partial charge in [0, 0.05) is 18.0 Å². The summed E-state index contributed by atoms with van der Waals surface area (Å²) in [6, 6.07) is 5.84. The minimum Gasteiger partial charge on any atom is -0.493 e. The summed E-state index contributed by atoms with van der Waals surface area (Å²) in [7, 11) is 3.26. The van der Waals surface area contributed by atoms with Crippen molar-refractivity contribution in [2.45, 2.75) is 26.2 Å². The molecule has 1 aromatic rings. The van der Waals surface area contributed by atoms with E-state index in [2.05, 4.69) is 30.5 Å². The molecule has 1 N–H and O–H groups in total. The first-order valence-electron chi connectivity index (χ1n) is 10.7. The molecule has 0 aliphatic carbocycles. The average Bonchev–Trinajstić information content (AvgIpc) is 2.80. The number of methoxy groups -OCH3 is 2. The molecule has 158 valence electrons. The Morgan fingerprint density at radius 2 is 1.83 bits per heavy atom. The van der Waals surface area contributed by atoms with Crippen LogP contribution in [0.3, 0.4) is 0 Å². The molecule has 4 rings (SSSR count). The first-order valence-corrected chi connectivity index (χ1v) is 10.7. The van der Waals surface area contributed by atoms with Crippen molar-refractivity contribution in [3.05, 3.63) is 65.5 Å². The van der Waals surface area contributed by atoms with Crippen molar-refractivity contribution in [3.8, 4) is 11.5 Å².